The molecule has 0 spiro atoms. The van der Waals surface area contributed by atoms with Crippen LogP contribution in [0.4, 0.5) is 0 Å². The average Bonchev–Trinajstić information content (AvgIpc) is 2.94. The zero-order valence-electron chi connectivity index (χ0n) is 14.4. The Hall–Kier alpha value is -1.84. The van der Waals surface area contributed by atoms with Gasteiger partial charge in [0.2, 0.25) is 0 Å². The third kappa shape index (κ3) is 4.34. The van der Waals surface area contributed by atoms with E-state index in [1.54, 1.807) is 6.20 Å². The number of primary amides is 1. The second-order valence-corrected chi connectivity index (χ2v) is 6.32. The maximum Gasteiger partial charge on any atom is 0.265 e. The number of amides is 1. The summed E-state index contributed by atoms with van der Waals surface area (Å²) in [5.74, 6) is -0.359. The summed E-state index contributed by atoms with van der Waals surface area (Å²) in [5.41, 5.74) is 7.22. The van der Waals surface area contributed by atoms with Crippen LogP contribution in [-0.2, 0) is 0 Å². The van der Waals surface area contributed by atoms with Crippen molar-refractivity contribution in [1.29, 1.82) is 0 Å². The van der Waals surface area contributed by atoms with Gasteiger partial charge in [-0.1, -0.05) is 52.4 Å². The van der Waals surface area contributed by atoms with Crippen LogP contribution >= 0.6 is 0 Å². The number of hydrogen-bond acceptors (Lipinski definition) is 2. The van der Waals surface area contributed by atoms with Gasteiger partial charge in [0, 0.05) is 17.6 Å². The first-order valence-corrected chi connectivity index (χ1v) is 8.93. The van der Waals surface area contributed by atoms with Gasteiger partial charge in [-0.15, -0.1) is 0 Å². The molecule has 0 radical (unpaired) electrons. The minimum Gasteiger partial charge on any atom is -0.364 e. The predicted octanol–water partition coefficient (Wildman–Crippen LogP) is 4.84. The summed E-state index contributed by atoms with van der Waals surface area (Å²) >= 11 is 0. The van der Waals surface area contributed by atoms with Gasteiger partial charge in [-0.3, -0.25) is 9.78 Å². The monoisotopic (exact) mass is 315 g/mol. The number of carbonyl (C=O) groups is 1. The third-order valence-corrected chi connectivity index (χ3v) is 4.62. The number of aromatic nitrogens is 2. The van der Waals surface area contributed by atoms with Gasteiger partial charge in [-0.05, 0) is 25.0 Å². The normalized spacial score (nSPS) is 12.6. The highest BCUT2D eigenvalue weighted by Crippen LogP contribution is 2.28. The molecule has 0 saturated carbocycles. The molecule has 2 aromatic heterocycles. The fraction of sp³-hybridized carbons (Fsp3) is 0.579. The van der Waals surface area contributed by atoms with Gasteiger partial charge < -0.3 is 10.3 Å². The molecule has 0 fully saturated rings. The predicted molar refractivity (Wildman–Crippen MR) is 95.6 cm³/mol. The second-order valence-electron chi connectivity index (χ2n) is 6.32. The van der Waals surface area contributed by atoms with Crippen LogP contribution in [0.15, 0.2) is 24.5 Å². The van der Waals surface area contributed by atoms with E-state index in [4.69, 9.17) is 5.73 Å². The van der Waals surface area contributed by atoms with Crippen LogP contribution in [0, 0.1) is 0 Å². The Kier molecular flexibility index (Phi) is 6.63. The van der Waals surface area contributed by atoms with Crippen molar-refractivity contribution >= 4 is 16.8 Å². The number of rotatable bonds is 10. The topological polar surface area (TPSA) is 60.9 Å². The molecule has 0 aromatic carbocycles. The quantitative estimate of drug-likeness (QED) is 0.638. The van der Waals surface area contributed by atoms with E-state index in [1.165, 1.54) is 38.5 Å². The van der Waals surface area contributed by atoms with Crippen LogP contribution < -0.4 is 5.73 Å². The molecule has 4 nitrogen and oxygen atoms in total. The summed E-state index contributed by atoms with van der Waals surface area (Å²) in [7, 11) is 0. The molecule has 1 unspecified atom stereocenters. The van der Waals surface area contributed by atoms with Crippen molar-refractivity contribution in [2.24, 2.45) is 5.73 Å². The second kappa shape index (κ2) is 8.70. The Morgan fingerprint density at radius 2 is 1.96 bits per heavy atom. The molecule has 2 aromatic rings. The van der Waals surface area contributed by atoms with Gasteiger partial charge in [-0.2, -0.15) is 0 Å². The van der Waals surface area contributed by atoms with Crippen molar-refractivity contribution in [2.75, 3.05) is 0 Å². The highest BCUT2D eigenvalue weighted by atomic mass is 16.1. The molecular formula is C19H29N3O. The van der Waals surface area contributed by atoms with Crippen molar-refractivity contribution in [3.8, 4) is 0 Å². The SMILES string of the molecule is CCCCCCCCC(CC)n1c(C(N)=O)cc2ccncc21. The van der Waals surface area contributed by atoms with Gasteiger partial charge >= 0.3 is 0 Å². The van der Waals surface area contributed by atoms with E-state index in [2.05, 4.69) is 23.4 Å². The Bertz CT molecular complexity index is 633. The minimum absolute atomic E-state index is 0.311. The Morgan fingerprint density at radius 1 is 1.22 bits per heavy atom. The first kappa shape index (κ1) is 17.5. The lowest BCUT2D eigenvalue weighted by Crippen LogP contribution is -2.20. The number of unbranched alkanes of at least 4 members (excludes halogenated alkanes) is 5. The summed E-state index contributed by atoms with van der Waals surface area (Å²) < 4.78 is 2.11. The lowest BCUT2D eigenvalue weighted by atomic mass is 10.0. The van der Waals surface area contributed by atoms with Crippen LogP contribution in [0.3, 0.4) is 0 Å². The molecule has 2 rings (SSSR count). The van der Waals surface area contributed by atoms with E-state index in [9.17, 15) is 4.79 Å². The van der Waals surface area contributed by atoms with Gasteiger partial charge in [0.25, 0.3) is 5.91 Å². The highest BCUT2D eigenvalue weighted by molar-refractivity contribution is 5.97. The molecule has 1 amide bonds. The zero-order chi connectivity index (χ0) is 16.7. The first-order valence-electron chi connectivity index (χ1n) is 8.93. The number of carbonyl (C=O) groups excluding carboxylic acids is 1. The third-order valence-electron chi connectivity index (χ3n) is 4.62. The number of pyridine rings is 1. The Balaban J connectivity index is 2.12. The van der Waals surface area contributed by atoms with Gasteiger partial charge in [-0.25, -0.2) is 0 Å². The molecule has 2 heterocycles. The largest absolute Gasteiger partial charge is 0.364 e. The van der Waals surface area contributed by atoms with E-state index in [0.717, 1.165) is 23.7 Å². The standard InChI is InChI=1S/C19H29N3O/c1-3-5-6-7-8-9-10-16(4-2)22-17(19(20)23)13-15-11-12-21-14-18(15)22/h11-14,16H,3-10H2,1-2H3,(H2,20,23). The fourth-order valence-corrected chi connectivity index (χ4v) is 3.33. The molecule has 2 N–H and O–H groups in total. The summed E-state index contributed by atoms with van der Waals surface area (Å²) in [6.45, 7) is 4.42. The van der Waals surface area contributed by atoms with Gasteiger partial charge in [0.15, 0.2) is 0 Å². The number of nitrogens with zero attached hydrogens (tertiary/aromatic N) is 2. The maximum atomic E-state index is 11.8. The summed E-state index contributed by atoms with van der Waals surface area (Å²) in [4.78, 5) is 16.1. The number of nitrogens with two attached hydrogens (primary N) is 1. The number of hydrogen-bond donors (Lipinski definition) is 1. The molecule has 126 valence electrons. The minimum atomic E-state index is -0.359. The molecule has 1 atom stereocenters. The lowest BCUT2D eigenvalue weighted by molar-refractivity contribution is 0.0989. The number of fused-ring (bicyclic) bond motifs is 1. The van der Waals surface area contributed by atoms with E-state index < -0.39 is 0 Å². The Morgan fingerprint density at radius 3 is 2.65 bits per heavy atom. The van der Waals surface area contributed by atoms with Crippen molar-refractivity contribution in [3.05, 3.63) is 30.2 Å². The van der Waals surface area contributed by atoms with Gasteiger partial charge in [0.1, 0.15) is 5.69 Å². The lowest BCUT2D eigenvalue weighted by Gasteiger charge is -2.20. The van der Waals surface area contributed by atoms with Crippen molar-refractivity contribution in [2.45, 2.75) is 71.3 Å². The van der Waals surface area contributed by atoms with Crippen molar-refractivity contribution < 1.29 is 4.79 Å². The summed E-state index contributed by atoms with van der Waals surface area (Å²) in [5, 5.41) is 1.04. The van der Waals surface area contributed by atoms with Crippen LogP contribution in [0.2, 0.25) is 0 Å². The first-order chi connectivity index (χ1) is 11.2. The molecule has 23 heavy (non-hydrogen) atoms. The van der Waals surface area contributed by atoms with E-state index in [-0.39, 0.29) is 5.91 Å². The zero-order valence-corrected chi connectivity index (χ0v) is 14.4. The van der Waals surface area contributed by atoms with Crippen molar-refractivity contribution in [3.63, 3.8) is 0 Å². The van der Waals surface area contributed by atoms with Crippen LogP contribution in [0.25, 0.3) is 10.9 Å². The van der Waals surface area contributed by atoms with Crippen LogP contribution in [0.5, 0.6) is 0 Å². The highest BCUT2D eigenvalue weighted by Gasteiger charge is 2.19. The van der Waals surface area contributed by atoms with Crippen LogP contribution in [0.1, 0.15) is 81.7 Å². The molecule has 4 heteroatoms. The van der Waals surface area contributed by atoms with E-state index >= 15 is 0 Å². The molecule has 0 bridgehead atoms. The molecule has 0 aliphatic rings. The maximum absolute atomic E-state index is 11.8. The molecule has 0 aliphatic heterocycles. The summed E-state index contributed by atoms with van der Waals surface area (Å²) in [6.07, 6.45) is 13.4. The Labute approximate surface area is 139 Å². The molecular weight excluding hydrogens is 286 g/mol. The molecule has 0 saturated heterocycles. The molecule has 0 aliphatic carbocycles. The summed E-state index contributed by atoms with van der Waals surface area (Å²) in [6, 6.07) is 4.14. The average molecular weight is 315 g/mol. The van der Waals surface area contributed by atoms with Crippen LogP contribution in [-0.4, -0.2) is 15.5 Å². The van der Waals surface area contributed by atoms with Gasteiger partial charge in [0.05, 0.1) is 11.7 Å². The van der Waals surface area contributed by atoms with Crippen molar-refractivity contribution in [1.82, 2.24) is 9.55 Å². The fourth-order valence-electron chi connectivity index (χ4n) is 3.33. The smallest absolute Gasteiger partial charge is 0.265 e. The van der Waals surface area contributed by atoms with E-state index in [0.29, 0.717) is 11.7 Å². The van der Waals surface area contributed by atoms with E-state index in [1.807, 2.05) is 18.3 Å².